The van der Waals surface area contributed by atoms with E-state index < -0.39 is 0 Å². The van der Waals surface area contributed by atoms with Crippen LogP contribution in [0.1, 0.15) is 23.7 Å². The Labute approximate surface area is 103 Å². The SMILES string of the molecule is COCC(C)NC(=O)Cn1cc(C)c(C)c1C. The van der Waals surface area contributed by atoms with Crippen molar-refractivity contribution in [2.45, 2.75) is 40.3 Å². The third-order valence-electron chi connectivity index (χ3n) is 3.05. The Bertz CT molecular complexity index is 396. The molecule has 0 fully saturated rings. The molecule has 0 radical (unpaired) electrons. The first kappa shape index (κ1) is 13.8. The summed E-state index contributed by atoms with van der Waals surface area (Å²) in [6, 6.07) is 0.0468. The fourth-order valence-corrected chi connectivity index (χ4v) is 1.86. The fraction of sp³-hybridized carbons (Fsp3) is 0.615. The molecule has 0 aromatic carbocycles. The third-order valence-corrected chi connectivity index (χ3v) is 3.05. The molecule has 4 nitrogen and oxygen atoms in total. The van der Waals surface area contributed by atoms with Gasteiger partial charge in [-0.25, -0.2) is 0 Å². The van der Waals surface area contributed by atoms with Gasteiger partial charge in [0.05, 0.1) is 6.61 Å². The van der Waals surface area contributed by atoms with E-state index in [1.807, 2.05) is 24.6 Å². The highest BCUT2D eigenvalue weighted by atomic mass is 16.5. The van der Waals surface area contributed by atoms with Crippen molar-refractivity contribution in [3.8, 4) is 0 Å². The Morgan fingerprint density at radius 3 is 2.59 bits per heavy atom. The molecule has 1 rings (SSSR count). The molecule has 1 aromatic heterocycles. The number of methoxy groups -OCH3 is 1. The maximum absolute atomic E-state index is 11.8. The van der Waals surface area contributed by atoms with Crippen molar-refractivity contribution >= 4 is 5.91 Å². The summed E-state index contributed by atoms with van der Waals surface area (Å²) in [5.74, 6) is 0.0210. The van der Waals surface area contributed by atoms with Crippen LogP contribution in [0.15, 0.2) is 6.20 Å². The average molecular weight is 238 g/mol. The van der Waals surface area contributed by atoms with Gasteiger partial charge in [0.15, 0.2) is 0 Å². The maximum atomic E-state index is 11.8. The van der Waals surface area contributed by atoms with E-state index >= 15 is 0 Å². The lowest BCUT2D eigenvalue weighted by Gasteiger charge is -2.13. The number of hydrogen-bond acceptors (Lipinski definition) is 2. The van der Waals surface area contributed by atoms with Crippen molar-refractivity contribution in [3.63, 3.8) is 0 Å². The zero-order chi connectivity index (χ0) is 13.0. The van der Waals surface area contributed by atoms with Crippen molar-refractivity contribution in [2.75, 3.05) is 13.7 Å². The highest BCUT2D eigenvalue weighted by Gasteiger charge is 2.11. The minimum absolute atomic E-state index is 0.0210. The van der Waals surface area contributed by atoms with Crippen LogP contribution in [0.5, 0.6) is 0 Å². The van der Waals surface area contributed by atoms with Crippen molar-refractivity contribution in [1.82, 2.24) is 9.88 Å². The standard InChI is InChI=1S/C13H22N2O2/c1-9-6-15(12(4)11(9)3)7-13(16)14-10(2)8-17-5/h6,10H,7-8H2,1-5H3,(H,14,16). The van der Waals surface area contributed by atoms with Crippen LogP contribution in [-0.4, -0.2) is 30.2 Å². The van der Waals surface area contributed by atoms with Gasteiger partial charge in [-0.2, -0.15) is 0 Å². The summed E-state index contributed by atoms with van der Waals surface area (Å²) in [5.41, 5.74) is 3.63. The van der Waals surface area contributed by atoms with E-state index in [1.54, 1.807) is 7.11 Å². The first-order valence-electron chi connectivity index (χ1n) is 5.87. The lowest BCUT2D eigenvalue weighted by Crippen LogP contribution is -2.37. The fourth-order valence-electron chi connectivity index (χ4n) is 1.86. The van der Waals surface area contributed by atoms with Gasteiger partial charge in [-0.15, -0.1) is 0 Å². The van der Waals surface area contributed by atoms with Crippen LogP contribution in [-0.2, 0) is 16.1 Å². The van der Waals surface area contributed by atoms with Crippen molar-refractivity contribution in [3.05, 3.63) is 23.0 Å². The number of carbonyl (C=O) groups is 1. The summed E-state index contributed by atoms with van der Waals surface area (Å²) >= 11 is 0. The van der Waals surface area contributed by atoms with E-state index in [0.29, 0.717) is 13.2 Å². The number of nitrogens with one attached hydrogen (secondary N) is 1. The lowest BCUT2D eigenvalue weighted by atomic mass is 10.2. The summed E-state index contributed by atoms with van der Waals surface area (Å²) in [7, 11) is 1.63. The quantitative estimate of drug-likeness (QED) is 0.846. The molecular weight excluding hydrogens is 216 g/mol. The second-order valence-corrected chi connectivity index (χ2v) is 4.57. The Morgan fingerprint density at radius 1 is 1.47 bits per heavy atom. The van der Waals surface area contributed by atoms with Crippen LogP contribution in [0, 0.1) is 20.8 Å². The molecule has 0 bridgehead atoms. The molecule has 1 N–H and O–H groups in total. The summed E-state index contributed by atoms with van der Waals surface area (Å²) in [6.07, 6.45) is 2.02. The second-order valence-electron chi connectivity index (χ2n) is 4.57. The Kier molecular flexibility index (Phi) is 4.75. The predicted molar refractivity (Wildman–Crippen MR) is 68.1 cm³/mol. The van der Waals surface area contributed by atoms with Gasteiger partial charge in [0.25, 0.3) is 0 Å². The molecule has 1 atom stereocenters. The minimum atomic E-state index is 0.0210. The smallest absolute Gasteiger partial charge is 0.240 e. The molecular formula is C13H22N2O2. The number of aryl methyl sites for hydroxylation is 1. The molecule has 0 aliphatic carbocycles. The maximum Gasteiger partial charge on any atom is 0.240 e. The summed E-state index contributed by atoms with van der Waals surface area (Å²) in [4.78, 5) is 11.8. The number of hydrogen-bond donors (Lipinski definition) is 1. The largest absolute Gasteiger partial charge is 0.383 e. The second kappa shape index (κ2) is 5.87. The molecule has 1 aromatic rings. The van der Waals surface area contributed by atoms with Gasteiger partial charge in [0.2, 0.25) is 5.91 Å². The van der Waals surface area contributed by atoms with Gasteiger partial charge in [0.1, 0.15) is 6.54 Å². The molecule has 0 aliphatic heterocycles. The van der Waals surface area contributed by atoms with Gasteiger partial charge in [0, 0.05) is 25.0 Å². The van der Waals surface area contributed by atoms with Crippen LogP contribution in [0.25, 0.3) is 0 Å². The van der Waals surface area contributed by atoms with Crippen LogP contribution in [0.3, 0.4) is 0 Å². The number of carbonyl (C=O) groups excluding carboxylic acids is 1. The van der Waals surface area contributed by atoms with Crippen LogP contribution >= 0.6 is 0 Å². The molecule has 4 heteroatoms. The first-order valence-corrected chi connectivity index (χ1v) is 5.87. The van der Waals surface area contributed by atoms with Gasteiger partial charge < -0.3 is 14.6 Å². The summed E-state index contributed by atoms with van der Waals surface area (Å²) in [5, 5.41) is 2.90. The van der Waals surface area contributed by atoms with E-state index in [4.69, 9.17) is 4.74 Å². The topological polar surface area (TPSA) is 43.3 Å². The Morgan fingerprint density at radius 2 is 2.12 bits per heavy atom. The molecule has 0 spiro atoms. The summed E-state index contributed by atoms with van der Waals surface area (Å²) in [6.45, 7) is 9.01. The summed E-state index contributed by atoms with van der Waals surface area (Å²) < 4.78 is 6.97. The molecule has 17 heavy (non-hydrogen) atoms. The Hall–Kier alpha value is -1.29. The molecule has 1 heterocycles. The zero-order valence-corrected chi connectivity index (χ0v) is 11.3. The molecule has 1 unspecified atom stereocenters. The zero-order valence-electron chi connectivity index (χ0n) is 11.3. The van der Waals surface area contributed by atoms with E-state index in [2.05, 4.69) is 19.2 Å². The number of nitrogens with zero attached hydrogens (tertiary/aromatic N) is 1. The number of rotatable bonds is 5. The highest BCUT2D eigenvalue weighted by molar-refractivity contribution is 5.76. The average Bonchev–Trinajstić information content (AvgIpc) is 2.46. The number of ether oxygens (including phenoxy) is 1. The molecule has 0 saturated heterocycles. The van der Waals surface area contributed by atoms with Crippen LogP contribution < -0.4 is 5.32 Å². The monoisotopic (exact) mass is 238 g/mol. The van der Waals surface area contributed by atoms with Gasteiger partial charge in [-0.1, -0.05) is 0 Å². The third kappa shape index (κ3) is 3.60. The number of amides is 1. The molecule has 0 aliphatic rings. The normalized spacial score (nSPS) is 12.5. The van der Waals surface area contributed by atoms with Crippen molar-refractivity contribution in [2.24, 2.45) is 0 Å². The van der Waals surface area contributed by atoms with Crippen LogP contribution in [0.4, 0.5) is 0 Å². The molecule has 0 saturated carbocycles. The highest BCUT2D eigenvalue weighted by Crippen LogP contribution is 2.14. The lowest BCUT2D eigenvalue weighted by molar-refractivity contribution is -0.122. The first-order chi connectivity index (χ1) is 7.95. The molecule has 1 amide bonds. The minimum Gasteiger partial charge on any atom is -0.383 e. The Balaban J connectivity index is 2.59. The van der Waals surface area contributed by atoms with Gasteiger partial charge in [-0.3, -0.25) is 4.79 Å². The van der Waals surface area contributed by atoms with Crippen molar-refractivity contribution in [1.29, 1.82) is 0 Å². The van der Waals surface area contributed by atoms with E-state index in [1.165, 1.54) is 11.1 Å². The van der Waals surface area contributed by atoms with E-state index in [9.17, 15) is 4.79 Å². The predicted octanol–water partition coefficient (Wildman–Crippen LogP) is 1.56. The van der Waals surface area contributed by atoms with Crippen molar-refractivity contribution < 1.29 is 9.53 Å². The van der Waals surface area contributed by atoms with E-state index in [0.717, 1.165) is 5.69 Å². The number of aromatic nitrogens is 1. The van der Waals surface area contributed by atoms with Gasteiger partial charge >= 0.3 is 0 Å². The van der Waals surface area contributed by atoms with Crippen LogP contribution in [0.2, 0.25) is 0 Å². The van der Waals surface area contributed by atoms with Gasteiger partial charge in [-0.05, 0) is 38.8 Å². The van der Waals surface area contributed by atoms with E-state index in [-0.39, 0.29) is 11.9 Å². The molecule has 96 valence electrons.